The molecular weight excluding hydrogens is 198 g/mol. The molecule has 0 radical (unpaired) electrons. The van der Waals surface area contributed by atoms with Gasteiger partial charge in [-0.15, -0.1) is 0 Å². The van der Waals surface area contributed by atoms with E-state index in [1.165, 1.54) is 12.3 Å². The van der Waals surface area contributed by atoms with Crippen LogP contribution in [-0.4, -0.2) is 29.1 Å². The summed E-state index contributed by atoms with van der Waals surface area (Å²) in [5, 5.41) is 13.5. The van der Waals surface area contributed by atoms with Crippen molar-refractivity contribution in [1.29, 1.82) is 0 Å². The minimum absolute atomic E-state index is 0.163. The third kappa shape index (κ3) is 2.41. The first-order chi connectivity index (χ1) is 7.25. The van der Waals surface area contributed by atoms with Gasteiger partial charge in [0.25, 0.3) is 0 Å². The number of hydrogen-bond donors (Lipinski definition) is 1. The van der Waals surface area contributed by atoms with Crippen molar-refractivity contribution in [3.05, 3.63) is 28.4 Å². The van der Waals surface area contributed by atoms with Crippen LogP contribution in [0.5, 0.6) is 5.75 Å². The smallest absolute Gasteiger partial charge is 0.363 e. The average Bonchev–Trinajstić information content (AvgIpc) is 2.16. The molecule has 15 heavy (non-hydrogen) atoms. The van der Waals surface area contributed by atoms with Gasteiger partial charge in [-0.2, -0.15) is 0 Å². The van der Waals surface area contributed by atoms with Gasteiger partial charge in [-0.25, -0.2) is 0 Å². The topological polar surface area (TPSA) is 77.3 Å². The minimum atomic E-state index is -0.530. The lowest BCUT2D eigenvalue weighted by atomic mass is 10.1. The molecule has 1 saturated heterocycles. The Morgan fingerprint density at radius 1 is 1.67 bits per heavy atom. The lowest BCUT2D eigenvalue weighted by Gasteiger charge is -2.26. The van der Waals surface area contributed by atoms with E-state index in [9.17, 15) is 10.1 Å². The van der Waals surface area contributed by atoms with Crippen LogP contribution in [0.15, 0.2) is 18.3 Å². The summed E-state index contributed by atoms with van der Waals surface area (Å²) in [6.07, 6.45) is 2.48. The molecule has 1 atom stereocenters. The van der Waals surface area contributed by atoms with Crippen molar-refractivity contribution in [3.63, 3.8) is 0 Å². The summed E-state index contributed by atoms with van der Waals surface area (Å²) in [7, 11) is 0. The molecule has 1 N–H and O–H groups in total. The van der Waals surface area contributed by atoms with Crippen LogP contribution in [0, 0.1) is 10.1 Å². The summed E-state index contributed by atoms with van der Waals surface area (Å²) in [5.74, 6) is 0.401. The van der Waals surface area contributed by atoms with E-state index >= 15 is 0 Å². The second-order valence-electron chi connectivity index (χ2n) is 3.36. The molecule has 1 aliphatic rings. The molecule has 1 aliphatic heterocycles. The first-order valence-corrected chi connectivity index (χ1v) is 4.72. The monoisotopic (exact) mass is 209 g/mol. The predicted octanol–water partition coefficient (Wildman–Crippen LogP) is 0.730. The number of ether oxygens (including phenoxy) is 1. The zero-order valence-electron chi connectivity index (χ0n) is 8.05. The minimum Gasteiger partial charge on any atom is -0.488 e. The van der Waals surface area contributed by atoms with Crippen molar-refractivity contribution >= 4 is 5.82 Å². The van der Waals surface area contributed by atoms with Crippen LogP contribution in [0.25, 0.3) is 0 Å². The van der Waals surface area contributed by atoms with Gasteiger partial charge in [-0.3, -0.25) is 0 Å². The zero-order valence-corrected chi connectivity index (χ0v) is 8.05. The van der Waals surface area contributed by atoms with E-state index in [0.29, 0.717) is 18.4 Å². The van der Waals surface area contributed by atoms with Gasteiger partial charge in [0, 0.05) is 12.1 Å². The Kier molecular flexibility index (Phi) is 2.77. The van der Waals surface area contributed by atoms with Crippen molar-refractivity contribution in [2.75, 3.05) is 13.2 Å². The van der Waals surface area contributed by atoms with Crippen molar-refractivity contribution in [1.82, 2.24) is 10.3 Å². The molecule has 6 nitrogen and oxygen atoms in total. The normalized spacial score (nSPS) is 19.3. The number of rotatable bonds is 4. The van der Waals surface area contributed by atoms with Gasteiger partial charge in [-0.05, 0) is 28.9 Å². The molecule has 80 valence electrons. The van der Waals surface area contributed by atoms with Crippen LogP contribution in [0.4, 0.5) is 5.82 Å². The summed E-state index contributed by atoms with van der Waals surface area (Å²) >= 11 is 0. The molecular formula is C9H11N3O3. The standard InChI is InChI=1S/C9H11N3O3/c13-12(14)9-2-1-8(5-11-9)15-6-7-3-4-10-7/h1-2,5,7,10H,3-4,6H2. The number of nitro groups is 1. The first-order valence-electron chi connectivity index (χ1n) is 4.72. The highest BCUT2D eigenvalue weighted by molar-refractivity contribution is 5.26. The maximum atomic E-state index is 10.3. The van der Waals surface area contributed by atoms with Crippen LogP contribution in [0.3, 0.4) is 0 Å². The molecule has 0 bridgehead atoms. The fraction of sp³-hybridized carbons (Fsp3) is 0.444. The SMILES string of the molecule is O=[N+]([O-])c1ccc(OCC2CCN2)cn1. The van der Waals surface area contributed by atoms with Gasteiger partial charge in [0.1, 0.15) is 6.61 Å². The van der Waals surface area contributed by atoms with Gasteiger partial charge in [0.15, 0.2) is 11.9 Å². The Hall–Kier alpha value is -1.69. The van der Waals surface area contributed by atoms with Gasteiger partial charge < -0.3 is 20.2 Å². The van der Waals surface area contributed by atoms with Gasteiger partial charge in [-0.1, -0.05) is 0 Å². The van der Waals surface area contributed by atoms with Crippen LogP contribution in [-0.2, 0) is 0 Å². The zero-order chi connectivity index (χ0) is 10.7. The van der Waals surface area contributed by atoms with E-state index in [1.54, 1.807) is 6.07 Å². The molecule has 0 saturated carbocycles. The lowest BCUT2D eigenvalue weighted by Crippen LogP contribution is -2.46. The van der Waals surface area contributed by atoms with Gasteiger partial charge in [0.05, 0.1) is 0 Å². The lowest BCUT2D eigenvalue weighted by molar-refractivity contribution is -0.389. The molecule has 0 aromatic carbocycles. The van der Waals surface area contributed by atoms with Crippen LogP contribution in [0.2, 0.25) is 0 Å². The van der Waals surface area contributed by atoms with Crippen molar-refractivity contribution in [2.45, 2.75) is 12.5 Å². The quantitative estimate of drug-likeness (QED) is 0.584. The van der Waals surface area contributed by atoms with E-state index in [2.05, 4.69) is 10.3 Å². The maximum Gasteiger partial charge on any atom is 0.363 e. The predicted molar refractivity (Wildman–Crippen MR) is 52.8 cm³/mol. The van der Waals surface area contributed by atoms with E-state index < -0.39 is 4.92 Å². The fourth-order valence-corrected chi connectivity index (χ4v) is 1.25. The summed E-state index contributed by atoms with van der Waals surface area (Å²) in [6, 6.07) is 3.30. The number of hydrogen-bond acceptors (Lipinski definition) is 5. The molecule has 2 heterocycles. The van der Waals surface area contributed by atoms with E-state index in [-0.39, 0.29) is 5.82 Å². The molecule has 0 amide bonds. The molecule has 6 heteroatoms. The summed E-state index contributed by atoms with van der Waals surface area (Å²) in [4.78, 5) is 13.5. The second-order valence-corrected chi connectivity index (χ2v) is 3.36. The largest absolute Gasteiger partial charge is 0.488 e. The fourth-order valence-electron chi connectivity index (χ4n) is 1.25. The number of aromatic nitrogens is 1. The average molecular weight is 209 g/mol. The third-order valence-corrected chi connectivity index (χ3v) is 2.28. The summed E-state index contributed by atoms with van der Waals surface area (Å²) in [5.41, 5.74) is 0. The Balaban J connectivity index is 1.88. The Labute approximate surface area is 86.4 Å². The molecule has 1 fully saturated rings. The van der Waals surface area contributed by atoms with Crippen molar-refractivity contribution in [3.8, 4) is 5.75 Å². The highest BCUT2D eigenvalue weighted by atomic mass is 16.6. The molecule has 1 aromatic heterocycles. The van der Waals surface area contributed by atoms with Crippen molar-refractivity contribution in [2.24, 2.45) is 0 Å². The number of pyridine rings is 1. The van der Waals surface area contributed by atoms with E-state index in [4.69, 9.17) is 4.74 Å². The van der Waals surface area contributed by atoms with Crippen molar-refractivity contribution < 1.29 is 9.66 Å². The molecule has 0 aliphatic carbocycles. The molecule has 2 rings (SSSR count). The van der Waals surface area contributed by atoms with Gasteiger partial charge in [0.2, 0.25) is 0 Å². The molecule has 1 unspecified atom stereocenters. The Morgan fingerprint density at radius 2 is 2.47 bits per heavy atom. The highest BCUT2D eigenvalue weighted by Crippen LogP contribution is 2.14. The first kappa shape index (κ1) is 9.85. The third-order valence-electron chi connectivity index (χ3n) is 2.28. The number of nitrogens with zero attached hydrogens (tertiary/aromatic N) is 2. The Morgan fingerprint density at radius 3 is 2.93 bits per heavy atom. The summed E-state index contributed by atoms with van der Waals surface area (Å²) < 4.78 is 5.40. The van der Waals surface area contributed by atoms with Crippen LogP contribution >= 0.6 is 0 Å². The van der Waals surface area contributed by atoms with E-state index in [0.717, 1.165) is 13.0 Å². The molecule has 0 spiro atoms. The van der Waals surface area contributed by atoms with Crippen LogP contribution in [0.1, 0.15) is 6.42 Å². The maximum absolute atomic E-state index is 10.3. The Bertz CT molecular complexity index is 348. The van der Waals surface area contributed by atoms with Crippen LogP contribution < -0.4 is 10.1 Å². The molecule has 1 aromatic rings. The summed E-state index contributed by atoms with van der Waals surface area (Å²) in [6.45, 7) is 1.62. The number of nitrogens with one attached hydrogen (secondary N) is 1. The van der Waals surface area contributed by atoms with Gasteiger partial charge >= 0.3 is 5.82 Å². The highest BCUT2D eigenvalue weighted by Gasteiger charge is 2.17. The van der Waals surface area contributed by atoms with E-state index in [1.807, 2.05) is 0 Å². The second kappa shape index (κ2) is 4.22.